The lowest BCUT2D eigenvalue weighted by Gasteiger charge is -1.92. The van der Waals surface area contributed by atoms with Gasteiger partial charge in [0.1, 0.15) is 5.76 Å². The van der Waals surface area contributed by atoms with Gasteiger partial charge in [-0.1, -0.05) is 0 Å². The topological polar surface area (TPSA) is 99.5 Å². The average molecular weight is 129 g/mol. The number of amides is 1. The minimum absolute atomic E-state index is 0.336. The third-order valence-corrected chi connectivity index (χ3v) is 0.688. The molecule has 5 nitrogen and oxygen atoms in total. The van der Waals surface area contributed by atoms with Gasteiger partial charge in [0.25, 0.3) is 5.91 Å². The van der Waals surface area contributed by atoms with Gasteiger partial charge in [0, 0.05) is 0 Å². The van der Waals surface area contributed by atoms with Gasteiger partial charge in [-0.15, -0.1) is 5.11 Å². The van der Waals surface area contributed by atoms with E-state index in [4.69, 9.17) is 10.6 Å². The molecule has 4 N–H and O–H groups in total. The van der Waals surface area contributed by atoms with Gasteiger partial charge < -0.3 is 10.8 Å². The molecule has 0 aliphatic heterocycles. The summed E-state index contributed by atoms with van der Waals surface area (Å²) in [5, 5.41) is 11.2. The summed E-state index contributed by atoms with van der Waals surface area (Å²) in [6, 6.07) is 0. The Morgan fingerprint density at radius 2 is 2.22 bits per heavy atom. The Kier molecular flexibility index (Phi) is 2.37. The fraction of sp³-hybridized carbons (Fsp3) is 0.250. The predicted octanol–water partition coefficient (Wildman–Crippen LogP) is 0.292. The van der Waals surface area contributed by atoms with Crippen LogP contribution in [-0.2, 0) is 4.79 Å². The number of allylic oxidation sites excluding steroid dienone is 1. The van der Waals surface area contributed by atoms with E-state index >= 15 is 0 Å². The van der Waals surface area contributed by atoms with Crippen LogP contribution in [0.5, 0.6) is 0 Å². The van der Waals surface area contributed by atoms with Gasteiger partial charge in [-0.3, -0.25) is 4.79 Å². The number of nitrogens with two attached hydrogens (primary N) is 1. The maximum atomic E-state index is 10.2. The van der Waals surface area contributed by atoms with Crippen molar-refractivity contribution in [3.05, 3.63) is 11.5 Å². The van der Waals surface area contributed by atoms with Gasteiger partial charge in [0.05, 0.1) is 0 Å². The van der Waals surface area contributed by atoms with Crippen LogP contribution in [0.25, 0.3) is 0 Å². The minimum atomic E-state index is -0.898. The molecule has 0 aromatic heterocycles. The van der Waals surface area contributed by atoms with Gasteiger partial charge >= 0.3 is 0 Å². The number of hydrogen-bond donors (Lipinski definition) is 3. The highest BCUT2D eigenvalue weighted by Crippen LogP contribution is 1.99. The number of rotatable bonds is 2. The van der Waals surface area contributed by atoms with Crippen molar-refractivity contribution in [2.24, 2.45) is 10.8 Å². The largest absolute Gasteiger partial charge is 0.510 e. The lowest BCUT2D eigenvalue weighted by Crippen LogP contribution is -2.13. The summed E-state index contributed by atoms with van der Waals surface area (Å²) in [5.41, 5.74) is 10.6. The molecule has 0 heterocycles. The van der Waals surface area contributed by atoms with Crippen LogP contribution in [0.4, 0.5) is 0 Å². The van der Waals surface area contributed by atoms with Crippen LogP contribution in [0.1, 0.15) is 6.92 Å². The molecule has 0 fully saturated rings. The smallest absolute Gasteiger partial charge is 0.272 e. The van der Waals surface area contributed by atoms with Crippen LogP contribution in [-0.4, -0.2) is 11.0 Å². The SMILES string of the molecule is C/C(O)=C(/N=N)C(N)=O. The minimum Gasteiger partial charge on any atom is -0.510 e. The van der Waals surface area contributed by atoms with E-state index in [0.717, 1.165) is 0 Å². The van der Waals surface area contributed by atoms with E-state index in [-0.39, 0.29) is 5.76 Å². The second-order valence-corrected chi connectivity index (χ2v) is 1.41. The Hall–Kier alpha value is -1.39. The van der Waals surface area contributed by atoms with Gasteiger partial charge in [0.15, 0.2) is 5.70 Å². The fourth-order valence-corrected chi connectivity index (χ4v) is 0.314. The summed E-state index contributed by atoms with van der Waals surface area (Å²) in [5.74, 6) is -1.23. The summed E-state index contributed by atoms with van der Waals surface area (Å²) in [6.45, 7) is 1.23. The average Bonchev–Trinajstić information content (AvgIpc) is 1.64. The zero-order valence-corrected chi connectivity index (χ0v) is 4.88. The standard InChI is InChI=1S/C4H7N3O2/c1-2(8)3(7-6)4(5)9/h6,8H,1H3,(H2,5,9)/b3-2-,7-6?. The highest BCUT2D eigenvalue weighted by atomic mass is 16.3. The number of aliphatic hydroxyl groups is 1. The van der Waals surface area contributed by atoms with E-state index in [1.165, 1.54) is 6.92 Å². The lowest BCUT2D eigenvalue weighted by atomic mass is 10.4. The molecule has 0 spiro atoms. The molecule has 0 rings (SSSR count). The highest BCUT2D eigenvalue weighted by Gasteiger charge is 2.05. The lowest BCUT2D eigenvalue weighted by molar-refractivity contribution is -0.114. The molecular formula is C4H7N3O2. The van der Waals surface area contributed by atoms with E-state index < -0.39 is 11.6 Å². The zero-order chi connectivity index (χ0) is 7.44. The van der Waals surface area contributed by atoms with E-state index in [1.807, 2.05) is 0 Å². The number of carbonyl (C=O) groups is 1. The van der Waals surface area contributed by atoms with Crippen molar-refractivity contribution in [3.8, 4) is 0 Å². The van der Waals surface area contributed by atoms with Crippen molar-refractivity contribution in [1.29, 1.82) is 5.53 Å². The van der Waals surface area contributed by atoms with Crippen LogP contribution in [0.15, 0.2) is 16.6 Å². The van der Waals surface area contributed by atoms with Gasteiger partial charge in [-0.05, 0) is 6.92 Å². The molecule has 50 valence electrons. The molecule has 0 aliphatic carbocycles. The van der Waals surface area contributed by atoms with Crippen molar-refractivity contribution < 1.29 is 9.90 Å². The van der Waals surface area contributed by atoms with Crippen LogP contribution in [0.2, 0.25) is 0 Å². The Morgan fingerprint density at radius 1 is 1.78 bits per heavy atom. The summed E-state index contributed by atoms with van der Waals surface area (Å²) in [6.07, 6.45) is 0. The second-order valence-electron chi connectivity index (χ2n) is 1.41. The molecule has 0 saturated carbocycles. The summed E-state index contributed by atoms with van der Waals surface area (Å²) >= 11 is 0. The molecule has 0 aromatic carbocycles. The van der Waals surface area contributed by atoms with Crippen LogP contribution in [0.3, 0.4) is 0 Å². The molecule has 0 unspecified atom stereocenters. The first-order valence-electron chi connectivity index (χ1n) is 2.16. The van der Waals surface area contributed by atoms with Crippen LogP contribution in [0, 0.1) is 5.53 Å². The monoisotopic (exact) mass is 129 g/mol. The van der Waals surface area contributed by atoms with Crippen LogP contribution >= 0.6 is 0 Å². The number of nitrogens with one attached hydrogen (secondary N) is 1. The Labute approximate surface area is 51.7 Å². The van der Waals surface area contributed by atoms with E-state index in [0.29, 0.717) is 0 Å². The predicted molar refractivity (Wildman–Crippen MR) is 29.7 cm³/mol. The van der Waals surface area contributed by atoms with Gasteiger partial charge in [0.2, 0.25) is 0 Å². The maximum absolute atomic E-state index is 10.2. The van der Waals surface area contributed by atoms with E-state index in [2.05, 4.69) is 10.8 Å². The molecule has 5 heteroatoms. The number of carbonyl (C=O) groups excluding carboxylic acids is 1. The molecule has 0 bridgehead atoms. The first-order chi connectivity index (χ1) is 4.09. The molecule has 0 aliphatic rings. The summed E-state index contributed by atoms with van der Waals surface area (Å²) < 4.78 is 0. The Bertz CT molecular complexity index is 169. The molecule has 1 amide bonds. The van der Waals surface area contributed by atoms with E-state index in [1.54, 1.807) is 0 Å². The molecule has 0 atom stereocenters. The molecule has 0 saturated heterocycles. The van der Waals surface area contributed by atoms with E-state index in [9.17, 15) is 4.79 Å². The highest BCUT2D eigenvalue weighted by molar-refractivity contribution is 5.91. The Balaban J connectivity index is 4.55. The number of nitrogens with zero attached hydrogens (tertiary/aromatic N) is 1. The zero-order valence-electron chi connectivity index (χ0n) is 4.88. The van der Waals surface area contributed by atoms with Crippen molar-refractivity contribution in [1.82, 2.24) is 0 Å². The maximum Gasteiger partial charge on any atom is 0.272 e. The molecule has 0 aromatic rings. The molecular weight excluding hydrogens is 122 g/mol. The van der Waals surface area contributed by atoms with Crippen molar-refractivity contribution >= 4 is 5.91 Å². The molecule has 0 radical (unpaired) electrons. The summed E-state index contributed by atoms with van der Waals surface area (Å²) in [4.78, 5) is 10.2. The normalized spacial score (nSPS) is 12.1. The first-order valence-corrected chi connectivity index (χ1v) is 2.16. The van der Waals surface area contributed by atoms with Crippen LogP contribution < -0.4 is 5.73 Å². The third-order valence-electron chi connectivity index (χ3n) is 0.688. The number of primary amides is 1. The molecule has 9 heavy (non-hydrogen) atoms. The van der Waals surface area contributed by atoms with Crippen molar-refractivity contribution in [2.75, 3.05) is 0 Å². The number of hydrogen-bond acceptors (Lipinski definition) is 4. The van der Waals surface area contributed by atoms with Crippen molar-refractivity contribution in [2.45, 2.75) is 6.92 Å². The first kappa shape index (κ1) is 7.61. The van der Waals surface area contributed by atoms with Gasteiger partial charge in [-0.25, -0.2) is 5.53 Å². The Morgan fingerprint density at radius 3 is 2.22 bits per heavy atom. The van der Waals surface area contributed by atoms with Gasteiger partial charge in [-0.2, -0.15) is 0 Å². The fourth-order valence-electron chi connectivity index (χ4n) is 0.314. The van der Waals surface area contributed by atoms with Crippen molar-refractivity contribution in [3.63, 3.8) is 0 Å². The summed E-state index contributed by atoms with van der Waals surface area (Å²) in [7, 11) is 0. The quantitative estimate of drug-likeness (QED) is 0.283. The third kappa shape index (κ3) is 1.89. The second kappa shape index (κ2) is 2.81. The number of aliphatic hydroxyl groups excluding tert-OH is 1.